The van der Waals surface area contributed by atoms with Crippen molar-refractivity contribution in [3.8, 4) is 0 Å². The van der Waals surface area contributed by atoms with Gasteiger partial charge < -0.3 is 24.8 Å². The SMILES string of the molecule is CC1=Cc2c(C(C)C)cccc2[CH]1[Ti+2]1([CH]2C(C)=Cc3c(C(C)C)cccc32)[CH2][CH2]1.[Cl-].[Cl-]. The van der Waals surface area contributed by atoms with Crippen molar-refractivity contribution in [2.45, 2.75) is 71.3 Å². The number of fused-ring (bicyclic) bond motifs is 2. The number of halogens is 2. The Kier molecular flexibility index (Phi) is 7.11. The molecule has 2 aliphatic carbocycles. The zero-order valence-corrected chi connectivity index (χ0v) is 22.7. The van der Waals surface area contributed by atoms with E-state index in [4.69, 9.17) is 0 Å². The molecule has 0 N–H and O–H groups in total. The van der Waals surface area contributed by atoms with E-state index in [1.165, 1.54) is 9.45 Å². The molecule has 0 amide bonds. The molecule has 1 fully saturated rings. The molecule has 3 aliphatic rings. The van der Waals surface area contributed by atoms with Crippen molar-refractivity contribution < 1.29 is 41.4 Å². The van der Waals surface area contributed by atoms with Crippen molar-refractivity contribution in [3.05, 3.63) is 80.9 Å². The van der Waals surface area contributed by atoms with Crippen LogP contribution < -0.4 is 24.8 Å². The molecule has 2 aromatic rings. The van der Waals surface area contributed by atoms with Gasteiger partial charge in [0.25, 0.3) is 0 Å². The van der Waals surface area contributed by atoms with E-state index in [0.29, 0.717) is 11.8 Å². The second-order valence-electron chi connectivity index (χ2n) is 10.4. The number of hydrogen-bond acceptors (Lipinski definition) is 0. The van der Waals surface area contributed by atoms with Gasteiger partial charge in [0.15, 0.2) is 0 Å². The quantitative estimate of drug-likeness (QED) is 0.580. The Bertz CT molecular complexity index is 975. The van der Waals surface area contributed by atoms with E-state index in [1.807, 2.05) is 0 Å². The molecule has 1 aliphatic heterocycles. The molecule has 0 bridgehead atoms. The first-order valence-corrected chi connectivity index (χ1v) is 15.5. The van der Waals surface area contributed by atoms with E-state index in [-0.39, 0.29) is 24.8 Å². The second kappa shape index (κ2) is 8.87. The van der Waals surface area contributed by atoms with Gasteiger partial charge in [-0.2, -0.15) is 0 Å². The molecular formula is C28H34Cl2Ti. The number of allylic oxidation sites excluding steroid dienone is 2. The predicted octanol–water partition coefficient (Wildman–Crippen LogP) is 2.56. The summed E-state index contributed by atoms with van der Waals surface area (Å²) < 4.78 is 4.57. The van der Waals surface area contributed by atoms with Crippen molar-refractivity contribution in [1.29, 1.82) is 0 Å². The Morgan fingerprint density at radius 1 is 0.677 bits per heavy atom. The van der Waals surface area contributed by atoms with Crippen molar-refractivity contribution in [2.75, 3.05) is 0 Å². The second-order valence-corrected chi connectivity index (χ2v) is 17.6. The fourth-order valence-corrected chi connectivity index (χ4v) is 17.0. The Hall–Kier alpha value is -0.786. The largest absolute Gasteiger partial charge is 1.00 e. The fourth-order valence-electron chi connectivity index (χ4n) is 6.57. The molecule has 1 saturated heterocycles. The Morgan fingerprint density at radius 2 is 1.06 bits per heavy atom. The molecule has 2 atom stereocenters. The first kappa shape index (κ1) is 24.8. The van der Waals surface area contributed by atoms with E-state index in [0.717, 1.165) is 8.45 Å². The minimum Gasteiger partial charge on any atom is -1.00 e. The fraction of sp³-hybridized carbons (Fsp3) is 0.429. The van der Waals surface area contributed by atoms with Gasteiger partial charge in [-0.25, -0.2) is 0 Å². The monoisotopic (exact) mass is 488 g/mol. The average Bonchev–Trinajstić information content (AvgIpc) is 3.25. The standard InChI is InChI=1S/2C13H15.C2H4.2ClH.Ti/c2*1-9(2)12-6-4-5-11-7-10(3)8-13(11)12;1-2;;;/h2*4-9H,1-3H3;1-2H2;2*1H;/q;;;;;+2/p-2. The maximum atomic E-state index is 2.56. The van der Waals surface area contributed by atoms with Crippen LogP contribution in [0.3, 0.4) is 0 Å². The Morgan fingerprint density at radius 3 is 1.39 bits per heavy atom. The molecule has 164 valence electrons. The summed E-state index contributed by atoms with van der Waals surface area (Å²) in [6.45, 7) is 14.2. The summed E-state index contributed by atoms with van der Waals surface area (Å²) in [5, 5.41) is 0. The Labute approximate surface area is 204 Å². The smallest absolute Gasteiger partial charge is 1.00 e. The summed E-state index contributed by atoms with van der Waals surface area (Å²) in [7, 11) is 0. The molecule has 2 aromatic carbocycles. The molecule has 0 nitrogen and oxygen atoms in total. The van der Waals surface area contributed by atoms with Crippen molar-refractivity contribution in [1.82, 2.24) is 0 Å². The van der Waals surface area contributed by atoms with Crippen LogP contribution in [0.15, 0.2) is 47.5 Å². The summed E-state index contributed by atoms with van der Waals surface area (Å²) in [5.41, 5.74) is 12.9. The summed E-state index contributed by atoms with van der Waals surface area (Å²) in [6.07, 6.45) is 5.11. The van der Waals surface area contributed by atoms with Crippen LogP contribution in [0, 0.1) is 0 Å². The van der Waals surface area contributed by atoms with Crippen molar-refractivity contribution in [2.24, 2.45) is 0 Å². The summed E-state index contributed by atoms with van der Waals surface area (Å²) >= 11 is -2.11. The van der Waals surface area contributed by atoms with Gasteiger partial charge in [-0.05, 0) is 0 Å². The minimum atomic E-state index is -2.11. The van der Waals surface area contributed by atoms with Crippen LogP contribution in [-0.2, 0) is 16.6 Å². The van der Waals surface area contributed by atoms with Gasteiger partial charge in [0.05, 0.1) is 0 Å². The molecule has 0 radical (unpaired) electrons. The summed E-state index contributed by atoms with van der Waals surface area (Å²) in [4.78, 5) is 0. The molecule has 0 spiro atoms. The molecule has 5 rings (SSSR count). The van der Waals surface area contributed by atoms with E-state index in [9.17, 15) is 0 Å². The minimum absolute atomic E-state index is 0. The van der Waals surface area contributed by atoms with Crippen LogP contribution in [0.5, 0.6) is 0 Å². The van der Waals surface area contributed by atoms with Crippen LogP contribution in [-0.4, -0.2) is 0 Å². The maximum Gasteiger partial charge on any atom is -1.00 e. The number of rotatable bonds is 4. The van der Waals surface area contributed by atoms with E-state index in [2.05, 4.69) is 90.1 Å². The third-order valence-electron chi connectivity index (χ3n) is 7.85. The zero-order chi connectivity index (χ0) is 20.5. The molecular weight excluding hydrogens is 455 g/mol. The molecule has 2 unspecified atom stereocenters. The van der Waals surface area contributed by atoms with Gasteiger partial charge in [0.2, 0.25) is 0 Å². The van der Waals surface area contributed by atoms with Crippen LogP contribution in [0.25, 0.3) is 12.2 Å². The predicted molar refractivity (Wildman–Crippen MR) is 123 cm³/mol. The van der Waals surface area contributed by atoms with Crippen LogP contribution in [0.1, 0.15) is 95.2 Å². The number of benzene rings is 2. The van der Waals surface area contributed by atoms with E-state index in [1.54, 1.807) is 44.5 Å². The van der Waals surface area contributed by atoms with Crippen molar-refractivity contribution >= 4 is 12.2 Å². The van der Waals surface area contributed by atoms with Gasteiger partial charge >= 0.3 is 181 Å². The maximum absolute atomic E-state index is 2.56. The topological polar surface area (TPSA) is 0 Å². The molecule has 3 heteroatoms. The van der Waals surface area contributed by atoms with E-state index < -0.39 is 16.6 Å². The van der Waals surface area contributed by atoms with Crippen LogP contribution in [0.2, 0.25) is 9.45 Å². The first-order valence-electron chi connectivity index (χ1n) is 11.5. The van der Waals surface area contributed by atoms with Gasteiger partial charge in [-0.15, -0.1) is 0 Å². The van der Waals surface area contributed by atoms with E-state index >= 15 is 0 Å². The third-order valence-corrected chi connectivity index (χ3v) is 16.4. The average molecular weight is 489 g/mol. The van der Waals surface area contributed by atoms with Gasteiger partial charge in [0, 0.05) is 0 Å². The van der Waals surface area contributed by atoms with Gasteiger partial charge in [-0.1, -0.05) is 0 Å². The zero-order valence-electron chi connectivity index (χ0n) is 19.6. The normalized spacial score (nSPS) is 21.3. The number of hydrogen-bond donors (Lipinski definition) is 0. The van der Waals surface area contributed by atoms with Crippen LogP contribution in [0.4, 0.5) is 0 Å². The van der Waals surface area contributed by atoms with Crippen LogP contribution >= 0.6 is 0 Å². The van der Waals surface area contributed by atoms with Crippen molar-refractivity contribution in [3.63, 3.8) is 0 Å². The first-order chi connectivity index (χ1) is 13.8. The summed E-state index contributed by atoms with van der Waals surface area (Å²) in [6, 6.07) is 14.3. The molecule has 0 aromatic heterocycles. The third kappa shape index (κ3) is 3.72. The molecule has 31 heavy (non-hydrogen) atoms. The molecule has 0 saturated carbocycles. The Balaban J connectivity index is 0.00000136. The molecule has 1 heterocycles. The van der Waals surface area contributed by atoms with Gasteiger partial charge in [-0.3, -0.25) is 0 Å². The summed E-state index contributed by atoms with van der Waals surface area (Å²) in [5.74, 6) is 1.19. The van der Waals surface area contributed by atoms with Gasteiger partial charge in [0.1, 0.15) is 0 Å².